The van der Waals surface area contributed by atoms with Gasteiger partial charge in [-0.3, -0.25) is 0 Å². The van der Waals surface area contributed by atoms with Crippen LogP contribution in [0.2, 0.25) is 5.02 Å². The van der Waals surface area contributed by atoms with E-state index in [-0.39, 0.29) is 24.0 Å². The fourth-order valence-corrected chi connectivity index (χ4v) is 2.08. The van der Waals surface area contributed by atoms with Gasteiger partial charge < -0.3 is 20.5 Å². The smallest absolute Gasteiger partial charge is 0.315 e. The van der Waals surface area contributed by atoms with E-state index in [1.165, 1.54) is 0 Å². The Balaban J connectivity index is 2.62. The Morgan fingerprint density at radius 1 is 1.30 bits per heavy atom. The lowest BCUT2D eigenvalue weighted by Crippen LogP contribution is -2.44. The van der Waals surface area contributed by atoms with E-state index < -0.39 is 6.10 Å². The molecule has 1 aromatic carbocycles. The molecular formula is C17H27ClN2O3. The highest BCUT2D eigenvalue weighted by atomic mass is 35.5. The first-order valence-electron chi connectivity index (χ1n) is 7.71. The molecule has 0 aliphatic heterocycles. The SMILES string of the molecule is COCCC(NC(=O)NCC(O)C(C)(C)C)c1ccc(Cl)cc1. The summed E-state index contributed by atoms with van der Waals surface area (Å²) in [4.78, 5) is 12.1. The second-order valence-electron chi connectivity index (χ2n) is 6.62. The minimum absolute atomic E-state index is 0.181. The number of amides is 2. The molecule has 1 rings (SSSR count). The van der Waals surface area contributed by atoms with Crippen LogP contribution in [0.3, 0.4) is 0 Å². The molecule has 23 heavy (non-hydrogen) atoms. The summed E-state index contributed by atoms with van der Waals surface area (Å²) < 4.78 is 5.10. The molecule has 0 spiro atoms. The maximum Gasteiger partial charge on any atom is 0.315 e. The Bertz CT molecular complexity index is 486. The Labute approximate surface area is 143 Å². The number of hydrogen-bond donors (Lipinski definition) is 3. The van der Waals surface area contributed by atoms with Crippen LogP contribution in [0.5, 0.6) is 0 Å². The fraction of sp³-hybridized carbons (Fsp3) is 0.588. The lowest BCUT2D eigenvalue weighted by atomic mass is 9.89. The molecule has 3 N–H and O–H groups in total. The zero-order valence-corrected chi connectivity index (χ0v) is 15.0. The van der Waals surface area contributed by atoms with E-state index in [0.29, 0.717) is 18.1 Å². The molecule has 0 fully saturated rings. The summed E-state index contributed by atoms with van der Waals surface area (Å²) in [6.45, 7) is 6.50. The predicted molar refractivity (Wildman–Crippen MR) is 92.7 cm³/mol. The van der Waals surface area contributed by atoms with Gasteiger partial charge >= 0.3 is 6.03 Å². The first-order valence-corrected chi connectivity index (χ1v) is 8.08. The highest BCUT2D eigenvalue weighted by molar-refractivity contribution is 6.30. The van der Waals surface area contributed by atoms with Crippen molar-refractivity contribution in [2.45, 2.75) is 39.3 Å². The zero-order valence-electron chi connectivity index (χ0n) is 14.2. The Kier molecular flexibility index (Phi) is 7.82. The van der Waals surface area contributed by atoms with Crippen LogP contribution in [0.1, 0.15) is 38.8 Å². The van der Waals surface area contributed by atoms with Gasteiger partial charge in [0, 0.05) is 25.3 Å². The third-order valence-corrected chi connectivity index (χ3v) is 3.90. The Hall–Kier alpha value is -1.30. The Morgan fingerprint density at radius 3 is 2.43 bits per heavy atom. The van der Waals surface area contributed by atoms with Gasteiger partial charge in [0.15, 0.2) is 0 Å². The van der Waals surface area contributed by atoms with Crippen molar-refractivity contribution in [2.75, 3.05) is 20.3 Å². The first-order chi connectivity index (χ1) is 10.7. The molecule has 0 aliphatic carbocycles. The van der Waals surface area contributed by atoms with Crippen molar-refractivity contribution in [3.8, 4) is 0 Å². The van der Waals surface area contributed by atoms with Crippen molar-refractivity contribution in [3.05, 3.63) is 34.9 Å². The summed E-state index contributed by atoms with van der Waals surface area (Å²) in [6, 6.07) is 6.85. The molecule has 130 valence electrons. The third kappa shape index (κ3) is 7.20. The van der Waals surface area contributed by atoms with Crippen molar-refractivity contribution in [1.29, 1.82) is 0 Å². The van der Waals surface area contributed by atoms with Crippen LogP contribution in [0.15, 0.2) is 24.3 Å². The molecule has 0 saturated heterocycles. The monoisotopic (exact) mass is 342 g/mol. The average molecular weight is 343 g/mol. The molecule has 2 atom stereocenters. The number of aliphatic hydroxyl groups excluding tert-OH is 1. The zero-order chi connectivity index (χ0) is 17.5. The van der Waals surface area contributed by atoms with Gasteiger partial charge in [-0.15, -0.1) is 0 Å². The molecule has 0 bridgehead atoms. The first kappa shape index (κ1) is 19.7. The fourth-order valence-electron chi connectivity index (χ4n) is 1.96. The average Bonchev–Trinajstić information content (AvgIpc) is 2.49. The Morgan fingerprint density at radius 2 is 1.91 bits per heavy atom. The summed E-state index contributed by atoms with van der Waals surface area (Å²) in [5.41, 5.74) is 0.678. The van der Waals surface area contributed by atoms with Gasteiger partial charge in [-0.2, -0.15) is 0 Å². The van der Waals surface area contributed by atoms with Crippen molar-refractivity contribution >= 4 is 17.6 Å². The maximum absolute atomic E-state index is 12.1. The minimum Gasteiger partial charge on any atom is -0.391 e. The summed E-state index contributed by atoms with van der Waals surface area (Å²) in [7, 11) is 1.62. The molecule has 0 aliphatic rings. The second-order valence-corrected chi connectivity index (χ2v) is 7.06. The number of halogens is 1. The van der Waals surface area contributed by atoms with Gasteiger partial charge in [0.05, 0.1) is 12.1 Å². The van der Waals surface area contributed by atoms with E-state index in [1.807, 2.05) is 32.9 Å². The standard InChI is InChI=1S/C17H27ClN2O3/c1-17(2,3)15(21)11-19-16(22)20-14(9-10-23-4)12-5-7-13(18)8-6-12/h5-8,14-15,21H,9-11H2,1-4H3,(H2,19,20,22). The molecule has 0 radical (unpaired) electrons. The molecule has 0 saturated carbocycles. The minimum atomic E-state index is -0.610. The van der Waals surface area contributed by atoms with Gasteiger partial charge in [0.1, 0.15) is 0 Å². The second kappa shape index (κ2) is 9.11. The van der Waals surface area contributed by atoms with Crippen molar-refractivity contribution < 1.29 is 14.6 Å². The number of rotatable bonds is 7. The molecule has 0 aromatic heterocycles. The van der Waals surface area contributed by atoms with E-state index in [2.05, 4.69) is 10.6 Å². The van der Waals surface area contributed by atoms with Gasteiger partial charge in [-0.1, -0.05) is 44.5 Å². The molecule has 0 heterocycles. The molecule has 2 amide bonds. The number of urea groups is 1. The maximum atomic E-state index is 12.1. The van der Waals surface area contributed by atoms with Crippen molar-refractivity contribution in [2.24, 2.45) is 5.41 Å². The lowest BCUT2D eigenvalue weighted by Gasteiger charge is -2.26. The number of nitrogens with one attached hydrogen (secondary N) is 2. The molecule has 5 nitrogen and oxygen atoms in total. The van der Waals surface area contributed by atoms with E-state index in [0.717, 1.165) is 5.56 Å². The number of methoxy groups -OCH3 is 1. The third-order valence-electron chi connectivity index (χ3n) is 3.64. The van der Waals surface area contributed by atoms with Crippen LogP contribution in [-0.4, -0.2) is 37.5 Å². The quantitative estimate of drug-likeness (QED) is 0.713. The van der Waals surface area contributed by atoms with Crippen LogP contribution in [-0.2, 0) is 4.74 Å². The van der Waals surface area contributed by atoms with Crippen LogP contribution >= 0.6 is 11.6 Å². The number of hydrogen-bond acceptors (Lipinski definition) is 3. The number of benzene rings is 1. The normalized spacial score (nSPS) is 14.2. The summed E-state index contributed by atoms with van der Waals surface area (Å²) >= 11 is 5.90. The van der Waals surface area contributed by atoms with E-state index in [4.69, 9.17) is 16.3 Å². The number of ether oxygens (including phenoxy) is 1. The van der Waals surface area contributed by atoms with E-state index in [9.17, 15) is 9.90 Å². The van der Waals surface area contributed by atoms with Gasteiger partial charge in [0.25, 0.3) is 0 Å². The van der Waals surface area contributed by atoms with Gasteiger partial charge in [0.2, 0.25) is 0 Å². The van der Waals surface area contributed by atoms with Crippen molar-refractivity contribution in [1.82, 2.24) is 10.6 Å². The van der Waals surface area contributed by atoms with E-state index in [1.54, 1.807) is 19.2 Å². The topological polar surface area (TPSA) is 70.6 Å². The van der Waals surface area contributed by atoms with E-state index >= 15 is 0 Å². The highest BCUT2D eigenvalue weighted by Crippen LogP contribution is 2.20. The predicted octanol–water partition coefficient (Wildman–Crippen LogP) is 3.12. The van der Waals surface area contributed by atoms with Crippen LogP contribution < -0.4 is 10.6 Å². The largest absolute Gasteiger partial charge is 0.391 e. The molecule has 1 aromatic rings. The van der Waals surface area contributed by atoms with Crippen LogP contribution in [0.4, 0.5) is 4.79 Å². The molecule has 2 unspecified atom stereocenters. The molecular weight excluding hydrogens is 316 g/mol. The molecule has 6 heteroatoms. The van der Waals surface area contributed by atoms with Crippen molar-refractivity contribution in [3.63, 3.8) is 0 Å². The summed E-state index contributed by atoms with van der Waals surface area (Å²) in [5, 5.41) is 16.3. The van der Waals surface area contributed by atoms with Gasteiger partial charge in [-0.05, 0) is 29.5 Å². The number of aliphatic hydroxyl groups is 1. The summed E-state index contributed by atoms with van der Waals surface area (Å²) in [6.07, 6.45) is 0.0362. The number of carbonyl (C=O) groups excluding carboxylic acids is 1. The summed E-state index contributed by atoms with van der Waals surface area (Å²) in [5.74, 6) is 0. The van der Waals surface area contributed by atoms with Crippen LogP contribution in [0, 0.1) is 5.41 Å². The van der Waals surface area contributed by atoms with Crippen LogP contribution in [0.25, 0.3) is 0 Å². The number of carbonyl (C=O) groups is 1. The van der Waals surface area contributed by atoms with Gasteiger partial charge in [-0.25, -0.2) is 4.79 Å². The highest BCUT2D eigenvalue weighted by Gasteiger charge is 2.23. The lowest BCUT2D eigenvalue weighted by molar-refractivity contribution is 0.0648.